The molecule has 0 spiro atoms. The Morgan fingerprint density at radius 3 is 2.25 bits per heavy atom. The largest absolute Gasteiger partial charge is 0.508 e. The maximum atomic E-state index is 9.82. The van der Waals surface area contributed by atoms with E-state index in [1.54, 1.807) is 6.07 Å². The van der Waals surface area contributed by atoms with Crippen molar-refractivity contribution in [2.24, 2.45) is 0 Å². The van der Waals surface area contributed by atoms with Crippen molar-refractivity contribution in [1.29, 1.82) is 0 Å². The molecule has 1 aliphatic rings. The van der Waals surface area contributed by atoms with Gasteiger partial charge in [-0.1, -0.05) is 54.1 Å². The molecule has 2 aromatic rings. The van der Waals surface area contributed by atoms with E-state index in [2.05, 4.69) is 66.1 Å². The molecule has 2 aromatic carbocycles. The van der Waals surface area contributed by atoms with Crippen molar-refractivity contribution in [2.75, 3.05) is 32.7 Å². The summed E-state index contributed by atoms with van der Waals surface area (Å²) in [6.45, 7) is 9.75. The Labute approximate surface area is 181 Å². The summed E-state index contributed by atoms with van der Waals surface area (Å²) in [6, 6.07) is 18.8. The normalized spacial score (nSPS) is 15.8. The minimum Gasteiger partial charge on any atom is -0.508 e. The molecule has 0 bridgehead atoms. The van der Waals surface area contributed by atoms with E-state index in [9.17, 15) is 5.11 Å². The van der Waals surface area contributed by atoms with E-state index in [1.165, 1.54) is 16.7 Å². The van der Waals surface area contributed by atoms with Gasteiger partial charge >= 0.3 is 0 Å². The number of halogens is 2. The fraction of sp³-hybridized carbons (Fsp3) is 0.391. The van der Waals surface area contributed by atoms with Crippen LogP contribution in [0.25, 0.3) is 0 Å². The van der Waals surface area contributed by atoms with Crippen LogP contribution in [0.1, 0.15) is 31.0 Å². The Hall–Kier alpha value is -1.52. The average molecular weight is 423 g/mol. The minimum absolute atomic E-state index is 0. The van der Waals surface area contributed by atoms with Crippen LogP contribution in [0.5, 0.6) is 5.75 Å². The highest BCUT2D eigenvalue weighted by Crippen LogP contribution is 2.27. The van der Waals surface area contributed by atoms with Gasteiger partial charge in [0.2, 0.25) is 0 Å². The number of phenols is 1. The number of piperazine rings is 1. The van der Waals surface area contributed by atoms with Gasteiger partial charge in [0.05, 0.1) is 0 Å². The lowest BCUT2D eigenvalue weighted by Gasteiger charge is -2.39. The first-order chi connectivity index (χ1) is 12.6. The Kier molecular flexibility index (Phi) is 10.6. The smallest absolute Gasteiger partial charge is 0.115 e. The molecule has 0 unspecified atom stereocenters. The zero-order valence-corrected chi connectivity index (χ0v) is 18.4. The van der Waals surface area contributed by atoms with E-state index in [4.69, 9.17) is 0 Å². The van der Waals surface area contributed by atoms with E-state index in [1.807, 2.05) is 12.1 Å². The third kappa shape index (κ3) is 7.14. The highest BCUT2D eigenvalue weighted by molar-refractivity contribution is 5.85. The Morgan fingerprint density at radius 2 is 1.64 bits per heavy atom. The number of aromatic hydroxyl groups is 1. The molecule has 0 radical (unpaired) electrons. The van der Waals surface area contributed by atoms with E-state index in [0.29, 0.717) is 11.8 Å². The van der Waals surface area contributed by atoms with Crippen LogP contribution in [0.3, 0.4) is 0 Å². The first-order valence-corrected chi connectivity index (χ1v) is 9.54. The SMILES string of the molecule is CC(C)=CCN1CCN([C@@H](Cc2cccc(O)c2)c2ccccc2)CC1.Cl.Cl. The van der Waals surface area contributed by atoms with Crippen LogP contribution in [0.15, 0.2) is 66.2 Å². The Morgan fingerprint density at radius 1 is 0.964 bits per heavy atom. The number of rotatable bonds is 6. The molecular weight excluding hydrogens is 391 g/mol. The molecule has 1 N–H and O–H groups in total. The number of phenolic OH excluding ortho intramolecular Hbond substituents is 1. The first kappa shape index (κ1) is 24.5. The molecule has 28 heavy (non-hydrogen) atoms. The summed E-state index contributed by atoms with van der Waals surface area (Å²) >= 11 is 0. The van der Waals surface area contributed by atoms with Crippen molar-refractivity contribution in [3.05, 3.63) is 77.4 Å². The highest BCUT2D eigenvalue weighted by Gasteiger charge is 2.25. The molecule has 5 heteroatoms. The summed E-state index contributed by atoms with van der Waals surface area (Å²) in [5, 5.41) is 9.82. The predicted octanol–water partition coefficient (Wildman–Crippen LogP) is 5.10. The van der Waals surface area contributed by atoms with Gasteiger partial charge in [-0.2, -0.15) is 0 Å². The number of nitrogens with zero attached hydrogens (tertiary/aromatic N) is 2. The highest BCUT2D eigenvalue weighted by atomic mass is 35.5. The van der Waals surface area contributed by atoms with Crippen LogP contribution in [-0.4, -0.2) is 47.6 Å². The Balaban J connectivity index is 0.00000196. The molecule has 1 atom stereocenters. The van der Waals surface area contributed by atoms with Gasteiger partial charge in [-0.3, -0.25) is 9.80 Å². The van der Waals surface area contributed by atoms with Crippen LogP contribution in [0.2, 0.25) is 0 Å². The van der Waals surface area contributed by atoms with Gasteiger partial charge in [0.25, 0.3) is 0 Å². The lowest BCUT2D eigenvalue weighted by Crippen LogP contribution is -2.48. The van der Waals surface area contributed by atoms with E-state index in [-0.39, 0.29) is 24.8 Å². The van der Waals surface area contributed by atoms with Crippen LogP contribution in [0, 0.1) is 0 Å². The van der Waals surface area contributed by atoms with Crippen molar-refractivity contribution in [2.45, 2.75) is 26.3 Å². The van der Waals surface area contributed by atoms with Gasteiger partial charge in [0.1, 0.15) is 5.75 Å². The van der Waals surface area contributed by atoms with Crippen molar-refractivity contribution in [1.82, 2.24) is 9.80 Å². The summed E-state index contributed by atoms with van der Waals surface area (Å²) in [5.41, 5.74) is 3.93. The molecule has 0 aliphatic carbocycles. The second-order valence-corrected chi connectivity index (χ2v) is 7.42. The van der Waals surface area contributed by atoms with Gasteiger partial charge in [0, 0.05) is 38.8 Å². The van der Waals surface area contributed by atoms with Crippen molar-refractivity contribution in [3.8, 4) is 5.75 Å². The molecule has 0 aromatic heterocycles. The lowest BCUT2D eigenvalue weighted by atomic mass is 9.96. The summed E-state index contributed by atoms with van der Waals surface area (Å²) in [7, 11) is 0. The summed E-state index contributed by atoms with van der Waals surface area (Å²) in [6.07, 6.45) is 3.24. The molecule has 154 valence electrons. The van der Waals surface area contributed by atoms with Crippen LogP contribution < -0.4 is 0 Å². The molecular formula is C23H32Cl2N2O. The van der Waals surface area contributed by atoms with Crippen LogP contribution >= 0.6 is 24.8 Å². The number of hydrogen-bond donors (Lipinski definition) is 1. The molecule has 3 nitrogen and oxygen atoms in total. The molecule has 3 rings (SSSR count). The molecule has 0 saturated carbocycles. The third-order valence-electron chi connectivity index (χ3n) is 5.13. The zero-order valence-electron chi connectivity index (χ0n) is 16.8. The Bertz CT molecular complexity index is 724. The lowest BCUT2D eigenvalue weighted by molar-refractivity contribution is 0.102. The monoisotopic (exact) mass is 422 g/mol. The van der Waals surface area contributed by atoms with Gasteiger partial charge in [0.15, 0.2) is 0 Å². The number of hydrogen-bond acceptors (Lipinski definition) is 3. The summed E-state index contributed by atoms with van der Waals surface area (Å²) < 4.78 is 0. The molecule has 1 heterocycles. The van der Waals surface area contributed by atoms with E-state index >= 15 is 0 Å². The topological polar surface area (TPSA) is 26.7 Å². The van der Waals surface area contributed by atoms with E-state index < -0.39 is 0 Å². The molecule has 1 fully saturated rings. The van der Waals surface area contributed by atoms with Gasteiger partial charge in [-0.25, -0.2) is 0 Å². The maximum Gasteiger partial charge on any atom is 0.115 e. The fourth-order valence-electron chi connectivity index (χ4n) is 3.61. The second kappa shape index (κ2) is 12.1. The fourth-order valence-corrected chi connectivity index (χ4v) is 3.61. The predicted molar refractivity (Wildman–Crippen MR) is 123 cm³/mol. The maximum absolute atomic E-state index is 9.82. The number of allylic oxidation sites excluding steroid dienone is 1. The standard InChI is InChI=1S/C23H30N2O.2ClH/c1-19(2)11-12-24-13-15-25(16-14-24)23(21-8-4-3-5-9-21)18-20-7-6-10-22(26)17-20;;/h3-11,17,23,26H,12-16,18H2,1-2H3;2*1H/t23-;;/m0../s1. The quantitative estimate of drug-likeness (QED) is 0.655. The van der Waals surface area contributed by atoms with Crippen LogP contribution in [-0.2, 0) is 6.42 Å². The minimum atomic E-state index is 0. The van der Waals surface area contributed by atoms with Crippen molar-refractivity contribution in [3.63, 3.8) is 0 Å². The first-order valence-electron chi connectivity index (χ1n) is 9.54. The number of benzene rings is 2. The second-order valence-electron chi connectivity index (χ2n) is 7.42. The van der Waals surface area contributed by atoms with Gasteiger partial charge in [-0.05, 0) is 43.5 Å². The summed E-state index contributed by atoms with van der Waals surface area (Å²) in [4.78, 5) is 5.12. The average Bonchev–Trinajstić information content (AvgIpc) is 2.66. The van der Waals surface area contributed by atoms with E-state index in [0.717, 1.165) is 39.1 Å². The molecule has 0 amide bonds. The van der Waals surface area contributed by atoms with Crippen molar-refractivity contribution < 1.29 is 5.11 Å². The third-order valence-corrected chi connectivity index (χ3v) is 5.13. The van der Waals surface area contributed by atoms with Crippen molar-refractivity contribution >= 4 is 24.8 Å². The zero-order chi connectivity index (χ0) is 18.4. The summed E-state index contributed by atoms with van der Waals surface area (Å²) in [5.74, 6) is 0.348. The molecule has 1 saturated heterocycles. The molecule has 1 aliphatic heterocycles. The van der Waals surface area contributed by atoms with Gasteiger partial charge < -0.3 is 5.11 Å². The van der Waals surface area contributed by atoms with Gasteiger partial charge in [-0.15, -0.1) is 24.8 Å². The van der Waals surface area contributed by atoms with Crippen LogP contribution in [0.4, 0.5) is 0 Å².